The van der Waals surface area contributed by atoms with Crippen molar-refractivity contribution < 1.29 is 27.1 Å². The zero-order valence-electron chi connectivity index (χ0n) is 20.1. The molecule has 0 spiro atoms. The topological polar surface area (TPSA) is 68.7 Å². The van der Waals surface area contributed by atoms with Crippen molar-refractivity contribution in [2.24, 2.45) is 5.73 Å². The van der Waals surface area contributed by atoms with Crippen molar-refractivity contribution in [3.63, 3.8) is 0 Å². The van der Waals surface area contributed by atoms with E-state index < -0.39 is 17.6 Å². The molecule has 2 aromatic carbocycles. The second kappa shape index (κ2) is 10.3. The van der Waals surface area contributed by atoms with E-state index in [1.807, 2.05) is 19.9 Å². The minimum absolute atomic E-state index is 0.0439. The number of hydrogen-bond donors (Lipinski definition) is 1. The third-order valence-electron chi connectivity index (χ3n) is 6.49. The Kier molecular flexibility index (Phi) is 7.40. The van der Waals surface area contributed by atoms with Gasteiger partial charge in [0.15, 0.2) is 11.3 Å². The van der Waals surface area contributed by atoms with E-state index >= 15 is 4.39 Å². The fraction of sp³-hybridized carbons (Fsp3) is 0.444. The number of piperidine rings is 1. The molecule has 8 heteroatoms. The summed E-state index contributed by atoms with van der Waals surface area (Å²) in [6, 6.07) is 9.61. The lowest BCUT2D eigenvalue weighted by Gasteiger charge is -2.31. The second-order valence-corrected chi connectivity index (χ2v) is 8.82. The zero-order chi connectivity index (χ0) is 25.2. The molecule has 1 saturated carbocycles. The number of ether oxygens (including phenoxy) is 1. The monoisotopic (exact) mass is 488 g/mol. The number of carbonyl (C=O) groups is 1. The van der Waals surface area contributed by atoms with Crippen LogP contribution < -0.4 is 10.5 Å². The van der Waals surface area contributed by atoms with Crippen LogP contribution in [0.15, 0.2) is 40.8 Å². The van der Waals surface area contributed by atoms with Crippen LogP contribution in [0, 0.1) is 5.82 Å². The largest absolute Gasteiger partial charge is 0.486 e. The molecule has 5 nitrogen and oxygen atoms in total. The molecule has 1 aromatic heterocycles. The second-order valence-electron chi connectivity index (χ2n) is 8.82. The molecule has 1 amide bonds. The fourth-order valence-electron chi connectivity index (χ4n) is 4.29. The van der Waals surface area contributed by atoms with Gasteiger partial charge in [-0.1, -0.05) is 19.9 Å². The van der Waals surface area contributed by atoms with E-state index in [-0.39, 0.29) is 44.1 Å². The van der Waals surface area contributed by atoms with E-state index in [1.54, 1.807) is 18.2 Å². The predicted molar refractivity (Wildman–Crippen MR) is 129 cm³/mol. The summed E-state index contributed by atoms with van der Waals surface area (Å²) in [4.78, 5) is 14.1. The Morgan fingerprint density at radius 1 is 1.14 bits per heavy atom. The van der Waals surface area contributed by atoms with Crippen LogP contribution in [0.25, 0.3) is 22.1 Å². The van der Waals surface area contributed by atoms with Crippen LogP contribution in [-0.2, 0) is 6.54 Å². The number of furan rings is 1. The number of benzene rings is 2. The minimum atomic E-state index is -2.75. The van der Waals surface area contributed by atoms with Gasteiger partial charge >= 0.3 is 0 Å². The Morgan fingerprint density at radius 2 is 1.86 bits per heavy atom. The maximum atomic E-state index is 15.2. The van der Waals surface area contributed by atoms with Crippen LogP contribution in [0.3, 0.4) is 0 Å². The molecule has 188 valence electrons. The summed E-state index contributed by atoms with van der Waals surface area (Å²) in [6.45, 7) is 4.15. The van der Waals surface area contributed by atoms with Crippen molar-refractivity contribution in [3.05, 3.63) is 53.5 Å². The fourth-order valence-corrected chi connectivity index (χ4v) is 4.29. The van der Waals surface area contributed by atoms with Crippen LogP contribution in [-0.4, -0.2) is 35.9 Å². The molecule has 3 aromatic rings. The maximum Gasteiger partial charge on any atom is 0.253 e. The molecule has 1 saturated heterocycles. The number of carbonyl (C=O) groups excluding carboxylic acids is 1. The number of alkyl halides is 2. The highest BCUT2D eigenvalue weighted by molar-refractivity contribution is 5.95. The summed E-state index contributed by atoms with van der Waals surface area (Å²) < 4.78 is 53.9. The third-order valence-corrected chi connectivity index (χ3v) is 6.49. The molecule has 1 aliphatic heterocycles. The molecule has 0 atom stereocenters. The van der Waals surface area contributed by atoms with Crippen molar-refractivity contribution in [3.8, 4) is 16.9 Å². The van der Waals surface area contributed by atoms with E-state index in [0.717, 1.165) is 24.6 Å². The summed E-state index contributed by atoms with van der Waals surface area (Å²) in [5.41, 5.74) is 7.35. The van der Waals surface area contributed by atoms with Crippen LogP contribution in [0.2, 0.25) is 0 Å². The molecule has 0 radical (unpaired) electrons. The van der Waals surface area contributed by atoms with Gasteiger partial charge in [-0.05, 0) is 55.2 Å². The number of hydrogen-bond acceptors (Lipinski definition) is 4. The maximum absolute atomic E-state index is 15.2. The SMILES string of the molecule is CC.NCc1cc2cc(-c3ccc(C(=O)N4CCC(F)(F)CC4)cc3F)cc(OC3CCC3)c2o1. The lowest BCUT2D eigenvalue weighted by molar-refractivity contribution is -0.0494. The number of likely N-dealkylation sites (tertiary alicyclic amines) is 1. The summed E-state index contributed by atoms with van der Waals surface area (Å²) >= 11 is 0. The number of nitrogens with zero attached hydrogens (tertiary/aromatic N) is 1. The molecular formula is C27H31F3N2O3. The number of halogens is 3. The van der Waals surface area contributed by atoms with Gasteiger partial charge in [0.2, 0.25) is 0 Å². The van der Waals surface area contributed by atoms with Gasteiger partial charge in [-0.15, -0.1) is 0 Å². The Bertz CT molecular complexity index is 1190. The Morgan fingerprint density at radius 3 is 2.46 bits per heavy atom. The van der Waals surface area contributed by atoms with Crippen LogP contribution in [0.4, 0.5) is 13.2 Å². The zero-order valence-corrected chi connectivity index (χ0v) is 20.1. The lowest BCUT2D eigenvalue weighted by Crippen LogP contribution is -2.42. The van der Waals surface area contributed by atoms with E-state index in [0.29, 0.717) is 28.2 Å². The van der Waals surface area contributed by atoms with Crippen molar-refractivity contribution >= 4 is 16.9 Å². The van der Waals surface area contributed by atoms with Crippen molar-refractivity contribution in [1.82, 2.24) is 4.90 Å². The Labute approximate surface area is 203 Å². The first-order valence-corrected chi connectivity index (χ1v) is 12.2. The number of rotatable bonds is 5. The third kappa shape index (κ3) is 5.32. The minimum Gasteiger partial charge on any atom is -0.486 e. The van der Waals surface area contributed by atoms with Gasteiger partial charge < -0.3 is 19.8 Å². The number of amides is 1. The summed E-state index contributed by atoms with van der Waals surface area (Å²) in [6.07, 6.45) is 2.39. The van der Waals surface area contributed by atoms with Gasteiger partial charge in [0.1, 0.15) is 11.6 Å². The van der Waals surface area contributed by atoms with Crippen molar-refractivity contribution in [2.75, 3.05) is 13.1 Å². The molecule has 2 N–H and O–H groups in total. The molecular weight excluding hydrogens is 457 g/mol. The summed E-state index contributed by atoms with van der Waals surface area (Å²) in [5.74, 6) is -2.61. The molecule has 2 aliphatic rings. The molecule has 2 heterocycles. The normalized spacial score (nSPS) is 17.5. The van der Waals surface area contributed by atoms with E-state index in [4.69, 9.17) is 14.9 Å². The highest BCUT2D eigenvalue weighted by Crippen LogP contribution is 2.38. The first kappa shape index (κ1) is 25.1. The molecule has 35 heavy (non-hydrogen) atoms. The standard InChI is InChI=1S/C25H25F3N2O3.C2H6/c26-21-12-15(24(31)30-8-6-25(27,28)7-9-30)4-5-20(21)16-10-17-11-19(14-29)33-23(17)22(13-16)32-18-2-1-3-18;1-2/h4-5,10-13,18H,1-3,6-9,14,29H2;1-2H3. The van der Waals surface area contributed by atoms with E-state index in [9.17, 15) is 13.6 Å². The summed E-state index contributed by atoms with van der Waals surface area (Å²) in [7, 11) is 0. The lowest BCUT2D eigenvalue weighted by atomic mass is 9.96. The summed E-state index contributed by atoms with van der Waals surface area (Å²) in [5, 5.41) is 0.760. The van der Waals surface area contributed by atoms with Crippen molar-refractivity contribution in [1.29, 1.82) is 0 Å². The first-order chi connectivity index (χ1) is 16.8. The van der Waals surface area contributed by atoms with Gasteiger partial charge in [-0.3, -0.25) is 4.79 Å². The molecule has 5 rings (SSSR count). The molecule has 0 bridgehead atoms. The quantitative estimate of drug-likeness (QED) is 0.444. The number of nitrogens with two attached hydrogens (primary N) is 1. The average molecular weight is 489 g/mol. The van der Waals surface area contributed by atoms with Crippen LogP contribution in [0.5, 0.6) is 5.75 Å². The average Bonchev–Trinajstić information content (AvgIpc) is 3.25. The van der Waals surface area contributed by atoms with Gasteiger partial charge in [-0.2, -0.15) is 0 Å². The van der Waals surface area contributed by atoms with Gasteiger partial charge in [-0.25, -0.2) is 13.2 Å². The van der Waals surface area contributed by atoms with Crippen LogP contribution >= 0.6 is 0 Å². The first-order valence-electron chi connectivity index (χ1n) is 12.2. The molecule has 0 unspecified atom stereocenters. The van der Waals surface area contributed by atoms with E-state index in [1.165, 1.54) is 17.0 Å². The molecule has 1 aliphatic carbocycles. The van der Waals surface area contributed by atoms with Crippen molar-refractivity contribution in [2.45, 2.75) is 64.5 Å². The van der Waals surface area contributed by atoms with E-state index in [2.05, 4.69) is 0 Å². The van der Waals surface area contributed by atoms with Gasteiger partial charge in [0.25, 0.3) is 11.8 Å². The molecule has 2 fully saturated rings. The highest BCUT2D eigenvalue weighted by atomic mass is 19.3. The Balaban J connectivity index is 0.00000141. The van der Waals surface area contributed by atoms with Gasteiger partial charge in [0.05, 0.1) is 12.6 Å². The smallest absolute Gasteiger partial charge is 0.253 e. The number of fused-ring (bicyclic) bond motifs is 1. The highest BCUT2D eigenvalue weighted by Gasteiger charge is 2.36. The van der Waals surface area contributed by atoms with Crippen LogP contribution in [0.1, 0.15) is 62.1 Å². The Hall–Kier alpha value is -3.00. The predicted octanol–water partition coefficient (Wildman–Crippen LogP) is 6.53. The van der Waals surface area contributed by atoms with Gasteiger partial charge in [0, 0.05) is 42.4 Å².